The summed E-state index contributed by atoms with van der Waals surface area (Å²) in [6.45, 7) is 4.13. The second kappa shape index (κ2) is 6.13. The fourth-order valence-electron chi connectivity index (χ4n) is 2.94. The molecule has 0 radical (unpaired) electrons. The highest BCUT2D eigenvalue weighted by atomic mass is 16.3. The van der Waals surface area contributed by atoms with Crippen LogP contribution in [0.15, 0.2) is 16.7 Å². The molecular formula is C16H22N2O2. The number of amides is 1. The van der Waals surface area contributed by atoms with Crippen molar-refractivity contribution in [2.24, 2.45) is 5.92 Å². The molecule has 4 nitrogen and oxygen atoms in total. The van der Waals surface area contributed by atoms with Gasteiger partial charge in [-0.25, -0.2) is 0 Å². The van der Waals surface area contributed by atoms with E-state index in [4.69, 9.17) is 4.42 Å². The molecule has 4 heteroatoms. The summed E-state index contributed by atoms with van der Waals surface area (Å²) in [7, 11) is 0. The van der Waals surface area contributed by atoms with Gasteiger partial charge in [-0.2, -0.15) is 5.26 Å². The van der Waals surface area contributed by atoms with Crippen LogP contribution in [-0.4, -0.2) is 11.4 Å². The third-order valence-corrected chi connectivity index (χ3v) is 4.41. The van der Waals surface area contributed by atoms with Crippen molar-refractivity contribution in [2.45, 2.75) is 57.9 Å². The number of carbonyl (C=O) groups is 1. The number of nitrogens with one attached hydrogen (secondary N) is 1. The maximum absolute atomic E-state index is 12.3. The van der Waals surface area contributed by atoms with E-state index in [1.54, 1.807) is 6.07 Å². The van der Waals surface area contributed by atoms with Gasteiger partial charge in [0, 0.05) is 6.42 Å². The molecule has 1 amide bonds. The number of rotatable bonds is 4. The standard InChI is InChI=1S/C16H22N2O2/c1-3-12-5-8-16(11-17,9-6-12)18-15(19)13-7-10-20-14(13)4-2/h7,10,12H,3-6,8-9H2,1-2H3,(H,18,19). The molecule has 0 bridgehead atoms. The van der Waals surface area contributed by atoms with Gasteiger partial charge in [0.1, 0.15) is 11.3 Å². The number of nitriles is 1. The van der Waals surface area contributed by atoms with Crippen LogP contribution in [0, 0.1) is 17.2 Å². The van der Waals surface area contributed by atoms with Crippen molar-refractivity contribution in [3.8, 4) is 6.07 Å². The summed E-state index contributed by atoms with van der Waals surface area (Å²) in [5, 5.41) is 12.4. The van der Waals surface area contributed by atoms with Crippen LogP contribution in [0.5, 0.6) is 0 Å². The van der Waals surface area contributed by atoms with Gasteiger partial charge in [0.2, 0.25) is 0 Å². The molecule has 2 rings (SSSR count). The molecule has 0 spiro atoms. The van der Waals surface area contributed by atoms with Crippen LogP contribution in [0.25, 0.3) is 0 Å². The van der Waals surface area contributed by atoms with E-state index >= 15 is 0 Å². The number of aryl methyl sites for hydroxylation is 1. The van der Waals surface area contributed by atoms with Gasteiger partial charge < -0.3 is 9.73 Å². The van der Waals surface area contributed by atoms with Crippen LogP contribution in [0.2, 0.25) is 0 Å². The monoisotopic (exact) mass is 274 g/mol. The maximum Gasteiger partial charge on any atom is 0.256 e. The average Bonchev–Trinajstić information content (AvgIpc) is 2.96. The number of hydrogen-bond acceptors (Lipinski definition) is 3. The molecule has 1 heterocycles. The second-order valence-corrected chi connectivity index (χ2v) is 5.61. The Labute approximate surface area is 120 Å². The van der Waals surface area contributed by atoms with Crippen molar-refractivity contribution in [3.63, 3.8) is 0 Å². The molecule has 1 aromatic rings. The minimum absolute atomic E-state index is 0.188. The number of hydrogen-bond donors (Lipinski definition) is 1. The molecule has 0 saturated heterocycles. The highest BCUT2D eigenvalue weighted by molar-refractivity contribution is 5.95. The first-order valence-electron chi connectivity index (χ1n) is 7.44. The van der Waals surface area contributed by atoms with Gasteiger partial charge in [-0.3, -0.25) is 4.79 Å². The average molecular weight is 274 g/mol. The molecule has 0 unspecified atom stereocenters. The fraction of sp³-hybridized carbons (Fsp3) is 0.625. The van der Waals surface area contributed by atoms with Crippen LogP contribution in [0.3, 0.4) is 0 Å². The molecule has 1 aliphatic carbocycles. The Kier molecular flexibility index (Phi) is 4.49. The summed E-state index contributed by atoms with van der Waals surface area (Å²) in [5.41, 5.74) is -0.148. The maximum atomic E-state index is 12.3. The van der Waals surface area contributed by atoms with Crippen LogP contribution in [-0.2, 0) is 6.42 Å². The predicted octanol–water partition coefficient (Wildman–Crippen LogP) is 3.43. The second-order valence-electron chi connectivity index (χ2n) is 5.61. The molecule has 108 valence electrons. The van der Waals surface area contributed by atoms with E-state index in [1.807, 2.05) is 6.92 Å². The van der Waals surface area contributed by atoms with Crippen molar-refractivity contribution in [2.75, 3.05) is 0 Å². The minimum Gasteiger partial charge on any atom is -0.469 e. The van der Waals surface area contributed by atoms with E-state index in [-0.39, 0.29) is 5.91 Å². The zero-order valence-corrected chi connectivity index (χ0v) is 12.2. The van der Waals surface area contributed by atoms with Gasteiger partial charge in [0.05, 0.1) is 17.9 Å². The largest absolute Gasteiger partial charge is 0.469 e. The molecule has 1 saturated carbocycles. The van der Waals surface area contributed by atoms with Gasteiger partial charge in [-0.1, -0.05) is 20.3 Å². The SMILES string of the molecule is CCc1occc1C(=O)NC1(C#N)CCC(CC)CC1. The highest BCUT2D eigenvalue weighted by Crippen LogP contribution is 2.33. The summed E-state index contributed by atoms with van der Waals surface area (Å²) in [5.74, 6) is 1.18. The van der Waals surface area contributed by atoms with Gasteiger partial charge in [0.15, 0.2) is 0 Å². The highest BCUT2D eigenvalue weighted by Gasteiger charge is 2.37. The fourth-order valence-corrected chi connectivity index (χ4v) is 2.94. The number of nitrogens with zero attached hydrogens (tertiary/aromatic N) is 1. The van der Waals surface area contributed by atoms with Crippen molar-refractivity contribution in [1.82, 2.24) is 5.32 Å². The first kappa shape index (κ1) is 14.6. The third kappa shape index (κ3) is 2.87. The van der Waals surface area contributed by atoms with Crippen LogP contribution in [0.1, 0.15) is 62.1 Å². The number of carbonyl (C=O) groups excluding carboxylic acids is 1. The van der Waals surface area contributed by atoms with Gasteiger partial charge in [-0.15, -0.1) is 0 Å². The Bertz CT molecular complexity index is 505. The summed E-state index contributed by atoms with van der Waals surface area (Å²) in [4.78, 5) is 12.3. The Morgan fingerprint density at radius 3 is 2.75 bits per heavy atom. The lowest BCUT2D eigenvalue weighted by atomic mass is 9.76. The molecule has 20 heavy (non-hydrogen) atoms. The summed E-state index contributed by atoms with van der Waals surface area (Å²) in [6.07, 6.45) is 6.86. The Hall–Kier alpha value is -1.76. The lowest BCUT2D eigenvalue weighted by Crippen LogP contribution is -2.49. The van der Waals surface area contributed by atoms with Crippen molar-refractivity contribution in [3.05, 3.63) is 23.7 Å². The lowest BCUT2D eigenvalue weighted by Gasteiger charge is -2.35. The van der Waals surface area contributed by atoms with Gasteiger partial charge in [0.25, 0.3) is 5.91 Å². The Balaban J connectivity index is 2.08. The zero-order valence-electron chi connectivity index (χ0n) is 12.2. The zero-order chi connectivity index (χ0) is 14.6. The smallest absolute Gasteiger partial charge is 0.256 e. The first-order chi connectivity index (χ1) is 9.64. The molecule has 1 aliphatic rings. The summed E-state index contributed by atoms with van der Waals surface area (Å²) in [6, 6.07) is 4.01. The van der Waals surface area contributed by atoms with Gasteiger partial charge >= 0.3 is 0 Å². The van der Waals surface area contributed by atoms with Crippen molar-refractivity contribution < 1.29 is 9.21 Å². The van der Waals surface area contributed by atoms with E-state index in [2.05, 4.69) is 18.3 Å². The lowest BCUT2D eigenvalue weighted by molar-refractivity contribution is 0.0889. The molecule has 1 N–H and O–H groups in total. The van der Waals surface area contributed by atoms with Gasteiger partial charge in [-0.05, 0) is 37.7 Å². The van der Waals surface area contributed by atoms with E-state index in [1.165, 1.54) is 6.26 Å². The number of furan rings is 1. The molecule has 1 fully saturated rings. The summed E-state index contributed by atoms with van der Waals surface area (Å²) < 4.78 is 5.28. The summed E-state index contributed by atoms with van der Waals surface area (Å²) >= 11 is 0. The van der Waals surface area contributed by atoms with Crippen molar-refractivity contribution >= 4 is 5.91 Å². The first-order valence-corrected chi connectivity index (χ1v) is 7.44. The van der Waals surface area contributed by atoms with Crippen LogP contribution in [0.4, 0.5) is 0 Å². The molecule has 0 aliphatic heterocycles. The van der Waals surface area contributed by atoms with E-state index in [0.717, 1.165) is 32.1 Å². The molecule has 0 atom stereocenters. The van der Waals surface area contributed by atoms with E-state index in [9.17, 15) is 10.1 Å². The third-order valence-electron chi connectivity index (χ3n) is 4.41. The molecular weight excluding hydrogens is 252 g/mol. The van der Waals surface area contributed by atoms with Crippen LogP contribution >= 0.6 is 0 Å². The topological polar surface area (TPSA) is 66.0 Å². The Morgan fingerprint density at radius 1 is 1.50 bits per heavy atom. The molecule has 0 aromatic carbocycles. The van der Waals surface area contributed by atoms with Crippen LogP contribution < -0.4 is 5.32 Å². The van der Waals surface area contributed by atoms with E-state index in [0.29, 0.717) is 23.7 Å². The van der Waals surface area contributed by atoms with Crippen molar-refractivity contribution in [1.29, 1.82) is 5.26 Å². The predicted molar refractivity (Wildman–Crippen MR) is 76.1 cm³/mol. The quantitative estimate of drug-likeness (QED) is 0.914. The normalized spacial score (nSPS) is 25.9. The minimum atomic E-state index is -0.703. The molecule has 1 aromatic heterocycles. The van der Waals surface area contributed by atoms with E-state index < -0.39 is 5.54 Å². The Morgan fingerprint density at radius 2 is 2.20 bits per heavy atom.